The summed E-state index contributed by atoms with van der Waals surface area (Å²) >= 11 is 0. The first-order chi connectivity index (χ1) is 8.88. The number of hydrogen-bond donors (Lipinski definition) is 1. The van der Waals surface area contributed by atoms with Crippen LogP contribution in [0.1, 0.15) is 37.8 Å². The zero-order valence-electron chi connectivity index (χ0n) is 10.9. The molecule has 3 rings (SSSR count). The highest BCUT2D eigenvalue weighted by Crippen LogP contribution is 2.37. The molecule has 1 aliphatic rings. The largest absolute Gasteiger partial charge is 0.310 e. The summed E-state index contributed by atoms with van der Waals surface area (Å²) < 4.78 is 0. The van der Waals surface area contributed by atoms with E-state index in [2.05, 4.69) is 41.5 Å². The molecule has 18 heavy (non-hydrogen) atoms. The summed E-state index contributed by atoms with van der Waals surface area (Å²) in [7, 11) is 0. The Morgan fingerprint density at radius 3 is 2.89 bits per heavy atom. The standard InChI is InChI=1S/C16H20N2/c1-2-17-16(12-7-5-8-12)14-10-13-6-3-4-9-15(13)18-11-14/h3-4,6,9-12,16-17H,2,5,7-8H2,1H3. The lowest BCUT2D eigenvalue weighted by Gasteiger charge is -2.34. The fourth-order valence-electron chi connectivity index (χ4n) is 2.81. The van der Waals surface area contributed by atoms with Crippen LogP contribution in [0, 0.1) is 5.92 Å². The van der Waals surface area contributed by atoms with E-state index in [0.717, 1.165) is 18.0 Å². The Morgan fingerprint density at radius 2 is 2.17 bits per heavy atom. The number of fused-ring (bicyclic) bond motifs is 1. The molecule has 2 aromatic rings. The average molecular weight is 240 g/mol. The third-order valence-corrected chi connectivity index (χ3v) is 4.02. The molecule has 1 N–H and O–H groups in total. The Hall–Kier alpha value is -1.41. The van der Waals surface area contributed by atoms with Crippen molar-refractivity contribution < 1.29 is 0 Å². The van der Waals surface area contributed by atoms with Crippen molar-refractivity contribution in [3.63, 3.8) is 0 Å². The number of benzene rings is 1. The second-order valence-corrected chi connectivity index (χ2v) is 5.19. The van der Waals surface area contributed by atoms with Crippen LogP contribution in [0.2, 0.25) is 0 Å². The molecule has 0 amide bonds. The lowest BCUT2D eigenvalue weighted by atomic mass is 9.77. The van der Waals surface area contributed by atoms with Crippen molar-refractivity contribution in [2.45, 2.75) is 32.2 Å². The molecular weight excluding hydrogens is 220 g/mol. The van der Waals surface area contributed by atoms with Crippen LogP contribution in [-0.4, -0.2) is 11.5 Å². The van der Waals surface area contributed by atoms with Gasteiger partial charge >= 0.3 is 0 Å². The molecule has 0 aliphatic heterocycles. The monoisotopic (exact) mass is 240 g/mol. The topological polar surface area (TPSA) is 24.9 Å². The van der Waals surface area contributed by atoms with Crippen molar-refractivity contribution in [1.82, 2.24) is 10.3 Å². The van der Waals surface area contributed by atoms with E-state index >= 15 is 0 Å². The van der Waals surface area contributed by atoms with Crippen LogP contribution in [0.15, 0.2) is 36.5 Å². The Balaban J connectivity index is 1.95. The highest BCUT2D eigenvalue weighted by atomic mass is 14.9. The van der Waals surface area contributed by atoms with Crippen LogP contribution in [0.3, 0.4) is 0 Å². The van der Waals surface area contributed by atoms with Crippen molar-refractivity contribution in [2.24, 2.45) is 5.92 Å². The van der Waals surface area contributed by atoms with E-state index < -0.39 is 0 Å². The first-order valence-electron chi connectivity index (χ1n) is 6.96. The number of nitrogens with one attached hydrogen (secondary N) is 1. The van der Waals surface area contributed by atoms with Gasteiger partial charge in [-0.1, -0.05) is 31.5 Å². The number of aromatic nitrogens is 1. The van der Waals surface area contributed by atoms with E-state index in [1.165, 1.54) is 30.2 Å². The number of para-hydroxylation sites is 1. The second kappa shape index (κ2) is 5.07. The minimum Gasteiger partial charge on any atom is -0.310 e. The van der Waals surface area contributed by atoms with Gasteiger partial charge in [0, 0.05) is 17.6 Å². The highest BCUT2D eigenvalue weighted by molar-refractivity contribution is 5.78. The molecule has 1 atom stereocenters. The Kier molecular flexibility index (Phi) is 3.28. The summed E-state index contributed by atoms with van der Waals surface area (Å²) in [5.41, 5.74) is 2.44. The molecule has 0 saturated heterocycles. The van der Waals surface area contributed by atoms with Gasteiger partial charge in [-0.2, -0.15) is 0 Å². The minimum absolute atomic E-state index is 0.487. The molecule has 1 heterocycles. The number of hydrogen-bond acceptors (Lipinski definition) is 2. The normalized spacial score (nSPS) is 17.6. The number of rotatable bonds is 4. The average Bonchev–Trinajstić information content (AvgIpc) is 2.35. The first kappa shape index (κ1) is 11.7. The molecule has 1 aliphatic carbocycles. The number of nitrogens with zero attached hydrogens (tertiary/aromatic N) is 1. The van der Waals surface area contributed by atoms with Gasteiger partial charge in [0.25, 0.3) is 0 Å². The third kappa shape index (κ3) is 2.13. The molecule has 1 aromatic heterocycles. The van der Waals surface area contributed by atoms with Crippen molar-refractivity contribution in [3.05, 3.63) is 42.1 Å². The molecule has 0 spiro atoms. The van der Waals surface area contributed by atoms with Gasteiger partial charge in [0.2, 0.25) is 0 Å². The van der Waals surface area contributed by atoms with Gasteiger partial charge in [-0.25, -0.2) is 0 Å². The Morgan fingerprint density at radius 1 is 1.33 bits per heavy atom. The maximum atomic E-state index is 4.59. The predicted octanol–water partition coefficient (Wildman–Crippen LogP) is 3.69. The predicted molar refractivity (Wildman–Crippen MR) is 75.5 cm³/mol. The minimum atomic E-state index is 0.487. The molecule has 1 fully saturated rings. The van der Waals surface area contributed by atoms with Crippen molar-refractivity contribution in [1.29, 1.82) is 0 Å². The quantitative estimate of drug-likeness (QED) is 0.881. The smallest absolute Gasteiger partial charge is 0.0702 e. The van der Waals surface area contributed by atoms with Gasteiger partial charge in [0.15, 0.2) is 0 Å². The van der Waals surface area contributed by atoms with Gasteiger partial charge in [-0.3, -0.25) is 4.98 Å². The van der Waals surface area contributed by atoms with Crippen LogP contribution < -0.4 is 5.32 Å². The van der Waals surface area contributed by atoms with Gasteiger partial charge in [-0.05, 0) is 43.0 Å². The highest BCUT2D eigenvalue weighted by Gasteiger charge is 2.28. The molecule has 0 bridgehead atoms. The summed E-state index contributed by atoms with van der Waals surface area (Å²) in [6.07, 6.45) is 6.14. The lowest BCUT2D eigenvalue weighted by molar-refractivity contribution is 0.233. The van der Waals surface area contributed by atoms with Crippen LogP contribution in [-0.2, 0) is 0 Å². The molecule has 0 radical (unpaired) electrons. The van der Waals surface area contributed by atoms with Gasteiger partial charge in [0.1, 0.15) is 0 Å². The van der Waals surface area contributed by atoms with Crippen molar-refractivity contribution >= 4 is 10.9 Å². The van der Waals surface area contributed by atoms with E-state index in [4.69, 9.17) is 0 Å². The zero-order valence-corrected chi connectivity index (χ0v) is 10.9. The molecule has 1 saturated carbocycles. The Labute approximate surface area is 108 Å². The lowest BCUT2D eigenvalue weighted by Crippen LogP contribution is -2.32. The van der Waals surface area contributed by atoms with Crippen LogP contribution in [0.5, 0.6) is 0 Å². The van der Waals surface area contributed by atoms with E-state index in [-0.39, 0.29) is 0 Å². The molecule has 2 heteroatoms. The fourth-order valence-corrected chi connectivity index (χ4v) is 2.81. The summed E-state index contributed by atoms with van der Waals surface area (Å²) in [4.78, 5) is 4.59. The van der Waals surface area contributed by atoms with Crippen LogP contribution >= 0.6 is 0 Å². The SMILES string of the molecule is CCNC(c1cnc2ccccc2c1)C1CCC1. The third-order valence-electron chi connectivity index (χ3n) is 4.02. The number of pyridine rings is 1. The Bertz CT molecular complexity index is 531. The molecule has 2 nitrogen and oxygen atoms in total. The maximum absolute atomic E-state index is 4.59. The van der Waals surface area contributed by atoms with Gasteiger partial charge in [0.05, 0.1) is 5.52 Å². The van der Waals surface area contributed by atoms with Crippen LogP contribution in [0.4, 0.5) is 0 Å². The van der Waals surface area contributed by atoms with E-state index in [1.807, 2.05) is 12.3 Å². The van der Waals surface area contributed by atoms with Gasteiger partial charge < -0.3 is 5.32 Å². The molecular formula is C16H20N2. The molecule has 1 unspecified atom stereocenters. The fraction of sp³-hybridized carbons (Fsp3) is 0.438. The van der Waals surface area contributed by atoms with Crippen molar-refractivity contribution in [2.75, 3.05) is 6.54 Å². The van der Waals surface area contributed by atoms with E-state index in [1.54, 1.807) is 0 Å². The summed E-state index contributed by atoms with van der Waals surface area (Å²) in [5.74, 6) is 0.799. The summed E-state index contributed by atoms with van der Waals surface area (Å²) in [6, 6.07) is 11.1. The summed E-state index contributed by atoms with van der Waals surface area (Å²) in [5, 5.41) is 4.87. The first-order valence-corrected chi connectivity index (χ1v) is 6.96. The maximum Gasteiger partial charge on any atom is 0.0702 e. The summed E-state index contributed by atoms with van der Waals surface area (Å²) in [6.45, 7) is 3.20. The van der Waals surface area contributed by atoms with Crippen molar-refractivity contribution in [3.8, 4) is 0 Å². The second-order valence-electron chi connectivity index (χ2n) is 5.19. The zero-order chi connectivity index (χ0) is 12.4. The van der Waals surface area contributed by atoms with E-state index in [9.17, 15) is 0 Å². The molecule has 1 aromatic carbocycles. The van der Waals surface area contributed by atoms with E-state index in [0.29, 0.717) is 6.04 Å². The molecule has 94 valence electrons. The van der Waals surface area contributed by atoms with Crippen LogP contribution in [0.25, 0.3) is 10.9 Å². The van der Waals surface area contributed by atoms with Gasteiger partial charge in [-0.15, -0.1) is 0 Å².